The Hall–Kier alpha value is -1.36. The second-order valence-electron chi connectivity index (χ2n) is 3.01. The van der Waals surface area contributed by atoms with Crippen LogP contribution in [0.4, 0.5) is 0 Å². The van der Waals surface area contributed by atoms with Crippen LogP contribution in [0.15, 0.2) is 28.7 Å². The second-order valence-corrected chi connectivity index (χ2v) is 3.86. The fraction of sp³-hybridized carbons (Fsp3) is 0.200. The molecule has 0 fully saturated rings. The summed E-state index contributed by atoms with van der Waals surface area (Å²) in [7, 11) is 0. The third kappa shape index (κ3) is 3.06. The second kappa shape index (κ2) is 4.93. The van der Waals surface area contributed by atoms with Gasteiger partial charge in [-0.2, -0.15) is 0 Å². The minimum absolute atomic E-state index is 0.419. The minimum Gasteiger partial charge on any atom is -0.481 e. The smallest absolute Gasteiger partial charge is 0.311 e. The van der Waals surface area contributed by atoms with Crippen molar-refractivity contribution in [3.63, 3.8) is 0 Å². The third-order valence-electron chi connectivity index (χ3n) is 1.96. The largest absolute Gasteiger partial charge is 0.481 e. The summed E-state index contributed by atoms with van der Waals surface area (Å²) in [5, 5.41) is 17.5. The molecule has 0 aliphatic rings. The van der Waals surface area contributed by atoms with Crippen LogP contribution in [0, 0.1) is 0 Å². The van der Waals surface area contributed by atoms with Crippen LogP contribution in [0.3, 0.4) is 0 Å². The first kappa shape index (κ1) is 11.7. The zero-order valence-electron chi connectivity index (χ0n) is 7.68. The first-order chi connectivity index (χ1) is 7.02. The molecule has 0 aliphatic carbocycles. The molecule has 1 aromatic rings. The van der Waals surface area contributed by atoms with Crippen molar-refractivity contribution in [3.8, 4) is 0 Å². The Morgan fingerprint density at radius 2 is 1.87 bits per heavy atom. The quantitative estimate of drug-likeness (QED) is 0.880. The van der Waals surface area contributed by atoms with Crippen LogP contribution >= 0.6 is 15.9 Å². The SMILES string of the molecule is O=C(O)C[C@@H](C(=O)O)c1ccccc1Br. The van der Waals surface area contributed by atoms with E-state index >= 15 is 0 Å². The fourth-order valence-electron chi connectivity index (χ4n) is 1.26. The van der Waals surface area contributed by atoms with Crippen LogP contribution in [0.2, 0.25) is 0 Å². The molecule has 15 heavy (non-hydrogen) atoms. The first-order valence-electron chi connectivity index (χ1n) is 4.21. The maximum absolute atomic E-state index is 10.9. The lowest BCUT2D eigenvalue weighted by Crippen LogP contribution is -2.16. The molecule has 0 spiro atoms. The van der Waals surface area contributed by atoms with Gasteiger partial charge in [-0.3, -0.25) is 9.59 Å². The topological polar surface area (TPSA) is 74.6 Å². The molecule has 80 valence electrons. The number of hydrogen-bond donors (Lipinski definition) is 2. The third-order valence-corrected chi connectivity index (χ3v) is 2.68. The summed E-state index contributed by atoms with van der Waals surface area (Å²) in [6.45, 7) is 0. The summed E-state index contributed by atoms with van der Waals surface area (Å²) < 4.78 is 0.610. The van der Waals surface area contributed by atoms with Gasteiger partial charge in [0.1, 0.15) is 0 Å². The number of rotatable bonds is 4. The van der Waals surface area contributed by atoms with Crippen molar-refractivity contribution < 1.29 is 19.8 Å². The van der Waals surface area contributed by atoms with Crippen LogP contribution in [0.5, 0.6) is 0 Å². The molecule has 4 nitrogen and oxygen atoms in total. The van der Waals surface area contributed by atoms with Gasteiger partial charge in [0.25, 0.3) is 0 Å². The van der Waals surface area contributed by atoms with Gasteiger partial charge in [-0.15, -0.1) is 0 Å². The van der Waals surface area contributed by atoms with E-state index < -0.39 is 24.3 Å². The van der Waals surface area contributed by atoms with Crippen molar-refractivity contribution in [2.24, 2.45) is 0 Å². The maximum Gasteiger partial charge on any atom is 0.311 e. The Balaban J connectivity index is 3.04. The van der Waals surface area contributed by atoms with Crippen molar-refractivity contribution in [3.05, 3.63) is 34.3 Å². The van der Waals surface area contributed by atoms with Crippen molar-refractivity contribution in [2.45, 2.75) is 12.3 Å². The first-order valence-corrected chi connectivity index (χ1v) is 5.00. The maximum atomic E-state index is 10.9. The average molecular weight is 273 g/mol. The van der Waals surface area contributed by atoms with Gasteiger partial charge in [-0.1, -0.05) is 34.1 Å². The van der Waals surface area contributed by atoms with Crippen LogP contribution in [-0.4, -0.2) is 22.2 Å². The summed E-state index contributed by atoms with van der Waals surface area (Å²) in [4.78, 5) is 21.4. The van der Waals surface area contributed by atoms with Crippen LogP contribution < -0.4 is 0 Å². The molecule has 0 unspecified atom stereocenters. The molecular formula is C10H9BrO4. The number of halogens is 1. The van der Waals surface area contributed by atoms with E-state index in [0.29, 0.717) is 10.0 Å². The standard InChI is InChI=1S/C10H9BrO4/c11-8-4-2-1-3-6(8)7(10(14)15)5-9(12)13/h1-4,7H,5H2,(H,12,13)(H,14,15)/t7-/m1/s1. The molecule has 0 saturated carbocycles. The van der Waals surface area contributed by atoms with Crippen LogP contribution in [0.1, 0.15) is 17.9 Å². The molecule has 1 aromatic carbocycles. The van der Waals surface area contributed by atoms with E-state index in [1.54, 1.807) is 24.3 Å². The summed E-state index contributed by atoms with van der Waals surface area (Å²) in [5.41, 5.74) is 0.479. The van der Waals surface area contributed by atoms with E-state index in [0.717, 1.165) is 0 Å². The predicted molar refractivity (Wildman–Crippen MR) is 56.8 cm³/mol. The normalized spacial score (nSPS) is 12.1. The summed E-state index contributed by atoms with van der Waals surface area (Å²) in [6, 6.07) is 6.71. The molecule has 0 aliphatic heterocycles. The van der Waals surface area contributed by atoms with Crippen molar-refractivity contribution in [1.29, 1.82) is 0 Å². The number of aliphatic carboxylic acids is 2. The van der Waals surface area contributed by atoms with Gasteiger partial charge >= 0.3 is 11.9 Å². The van der Waals surface area contributed by atoms with E-state index in [9.17, 15) is 9.59 Å². The predicted octanol–water partition coefficient (Wildman–Crippen LogP) is 2.09. The van der Waals surface area contributed by atoms with Crippen molar-refractivity contribution in [2.75, 3.05) is 0 Å². The fourth-order valence-corrected chi connectivity index (χ4v) is 1.82. The molecule has 0 radical (unpaired) electrons. The zero-order chi connectivity index (χ0) is 11.4. The molecule has 2 N–H and O–H groups in total. The van der Waals surface area contributed by atoms with Gasteiger partial charge in [-0.25, -0.2) is 0 Å². The highest BCUT2D eigenvalue weighted by atomic mass is 79.9. The van der Waals surface area contributed by atoms with Crippen molar-refractivity contribution in [1.82, 2.24) is 0 Å². The minimum atomic E-state index is -1.13. The highest BCUT2D eigenvalue weighted by molar-refractivity contribution is 9.10. The molecule has 1 atom stereocenters. The van der Waals surface area contributed by atoms with E-state index in [-0.39, 0.29) is 0 Å². The lowest BCUT2D eigenvalue weighted by atomic mass is 9.96. The molecule has 1 rings (SSSR count). The van der Waals surface area contributed by atoms with Crippen LogP contribution in [0.25, 0.3) is 0 Å². The van der Waals surface area contributed by atoms with Crippen LogP contribution in [-0.2, 0) is 9.59 Å². The van der Waals surface area contributed by atoms with Gasteiger partial charge in [0.2, 0.25) is 0 Å². The van der Waals surface area contributed by atoms with Crippen molar-refractivity contribution >= 4 is 27.9 Å². The molecule has 0 bridgehead atoms. The number of benzene rings is 1. The van der Waals surface area contributed by atoms with Gasteiger partial charge in [0.05, 0.1) is 12.3 Å². The number of carbonyl (C=O) groups is 2. The van der Waals surface area contributed by atoms with E-state index in [1.807, 2.05) is 0 Å². The summed E-state index contributed by atoms with van der Waals surface area (Å²) >= 11 is 3.20. The zero-order valence-corrected chi connectivity index (χ0v) is 9.27. The summed E-state index contributed by atoms with van der Waals surface area (Å²) in [5.74, 6) is -3.28. The highest BCUT2D eigenvalue weighted by Gasteiger charge is 2.24. The molecule has 0 heterocycles. The Kier molecular flexibility index (Phi) is 3.85. The molecule has 5 heteroatoms. The lowest BCUT2D eigenvalue weighted by Gasteiger charge is -2.11. The van der Waals surface area contributed by atoms with E-state index in [4.69, 9.17) is 10.2 Å². The number of hydrogen-bond acceptors (Lipinski definition) is 2. The Labute approximate surface area is 94.7 Å². The van der Waals surface area contributed by atoms with Gasteiger partial charge in [0.15, 0.2) is 0 Å². The average Bonchev–Trinajstić information content (AvgIpc) is 2.15. The van der Waals surface area contributed by atoms with E-state index in [1.165, 1.54) is 0 Å². The van der Waals surface area contributed by atoms with E-state index in [2.05, 4.69) is 15.9 Å². The van der Waals surface area contributed by atoms with Gasteiger partial charge in [-0.05, 0) is 11.6 Å². The lowest BCUT2D eigenvalue weighted by molar-refractivity contribution is -0.145. The summed E-state index contributed by atoms with van der Waals surface area (Å²) in [6.07, 6.45) is -0.419. The Bertz CT molecular complexity index is 389. The number of carboxylic acid groups (broad SMARTS) is 2. The monoisotopic (exact) mass is 272 g/mol. The number of carboxylic acids is 2. The Morgan fingerprint density at radius 3 is 2.33 bits per heavy atom. The molecule has 0 amide bonds. The molecule has 0 saturated heterocycles. The highest BCUT2D eigenvalue weighted by Crippen LogP contribution is 2.27. The molecule has 0 aromatic heterocycles. The van der Waals surface area contributed by atoms with Gasteiger partial charge in [0, 0.05) is 4.47 Å². The molecular weight excluding hydrogens is 264 g/mol. The van der Waals surface area contributed by atoms with Gasteiger partial charge < -0.3 is 10.2 Å². The Morgan fingerprint density at radius 1 is 1.27 bits per heavy atom.